The molecule has 1 saturated carbocycles. The monoisotopic (exact) mass is 346 g/mol. The van der Waals surface area contributed by atoms with E-state index in [1.807, 2.05) is 0 Å². The Bertz CT molecular complexity index is 515. The smallest absolute Gasteiger partial charge is 0.453 e. The zero-order chi connectivity index (χ0) is 18.2. The van der Waals surface area contributed by atoms with Gasteiger partial charge in [-0.05, 0) is 20.8 Å². The average molecular weight is 346 g/mol. The van der Waals surface area contributed by atoms with Gasteiger partial charge < -0.3 is 9.47 Å². The molecule has 10 heteroatoms. The highest BCUT2D eigenvalue weighted by Gasteiger charge is 2.88. The predicted molar refractivity (Wildman–Crippen MR) is 64.4 cm³/mol. The number of Topliss-reactive ketones (excluding diaryl/α,β-unsaturated/α-hetero) is 1. The van der Waals surface area contributed by atoms with Crippen LogP contribution in [0.2, 0.25) is 0 Å². The highest BCUT2D eigenvalue weighted by Crippen LogP contribution is 2.69. The minimum atomic E-state index is -6.04. The summed E-state index contributed by atoms with van der Waals surface area (Å²) in [6, 6.07) is 0. The van der Waals surface area contributed by atoms with Gasteiger partial charge in [-0.25, -0.2) is 0 Å². The molecule has 0 heterocycles. The van der Waals surface area contributed by atoms with Crippen molar-refractivity contribution in [1.29, 1.82) is 0 Å². The summed E-state index contributed by atoms with van der Waals surface area (Å²) < 4.78 is 74.3. The number of carbonyl (C=O) groups excluding carboxylic acids is 3. The lowest BCUT2D eigenvalue weighted by molar-refractivity contribution is -0.294. The van der Waals surface area contributed by atoms with Crippen LogP contribution in [0.3, 0.4) is 0 Å². The Morgan fingerprint density at radius 1 is 1.00 bits per heavy atom. The van der Waals surface area contributed by atoms with Crippen LogP contribution in [0.1, 0.15) is 20.8 Å². The van der Waals surface area contributed by atoms with Crippen molar-refractivity contribution in [3.05, 3.63) is 0 Å². The van der Waals surface area contributed by atoms with Crippen LogP contribution < -0.4 is 0 Å². The molecular formula is C13H15F5O5. The van der Waals surface area contributed by atoms with Gasteiger partial charge in [-0.1, -0.05) is 0 Å². The summed E-state index contributed by atoms with van der Waals surface area (Å²) in [6.45, 7) is 2.58. The highest BCUT2D eigenvalue weighted by atomic mass is 19.4. The summed E-state index contributed by atoms with van der Waals surface area (Å²) in [5, 5.41) is 0. The van der Waals surface area contributed by atoms with Crippen molar-refractivity contribution in [1.82, 2.24) is 0 Å². The summed E-state index contributed by atoms with van der Waals surface area (Å²) >= 11 is 0. The van der Waals surface area contributed by atoms with Crippen LogP contribution in [0.4, 0.5) is 22.0 Å². The molecule has 1 fully saturated rings. The number of carbonyl (C=O) groups is 3. The van der Waals surface area contributed by atoms with Gasteiger partial charge in [0, 0.05) is 0 Å². The Morgan fingerprint density at radius 3 is 1.83 bits per heavy atom. The van der Waals surface area contributed by atoms with Gasteiger partial charge in [0.25, 0.3) is 0 Å². The number of hydrogen-bond donors (Lipinski definition) is 0. The Morgan fingerprint density at radius 2 is 1.48 bits per heavy atom. The van der Waals surface area contributed by atoms with E-state index in [2.05, 4.69) is 9.47 Å². The van der Waals surface area contributed by atoms with Crippen molar-refractivity contribution >= 4 is 17.7 Å². The first kappa shape index (κ1) is 19.3. The molecule has 0 N–H and O–H groups in total. The second-order valence-electron chi connectivity index (χ2n) is 4.97. The molecule has 0 aliphatic heterocycles. The van der Waals surface area contributed by atoms with Gasteiger partial charge >= 0.3 is 24.0 Å². The van der Waals surface area contributed by atoms with Gasteiger partial charge in [0.1, 0.15) is 11.2 Å². The summed E-state index contributed by atoms with van der Waals surface area (Å²) in [6.07, 6.45) is -6.04. The number of esters is 2. The molecular weight excluding hydrogens is 331 g/mol. The summed E-state index contributed by atoms with van der Waals surface area (Å²) in [5.41, 5.74) is -2.89. The maximum absolute atomic E-state index is 13.7. The third-order valence-electron chi connectivity index (χ3n) is 3.71. The van der Waals surface area contributed by atoms with Gasteiger partial charge in [-0.3, -0.25) is 14.4 Å². The van der Waals surface area contributed by atoms with Crippen molar-refractivity contribution in [2.24, 2.45) is 17.3 Å². The van der Waals surface area contributed by atoms with E-state index in [1.54, 1.807) is 0 Å². The third kappa shape index (κ3) is 2.78. The van der Waals surface area contributed by atoms with E-state index in [0.29, 0.717) is 6.92 Å². The average Bonchev–Trinajstić information content (AvgIpc) is 3.10. The molecule has 0 radical (unpaired) electrons. The maximum atomic E-state index is 13.7. The summed E-state index contributed by atoms with van der Waals surface area (Å²) in [5.74, 6) is -14.9. The molecule has 132 valence electrons. The quantitative estimate of drug-likeness (QED) is 0.419. The van der Waals surface area contributed by atoms with Crippen LogP contribution >= 0.6 is 0 Å². The summed E-state index contributed by atoms with van der Waals surface area (Å²) in [7, 11) is 0. The van der Waals surface area contributed by atoms with Crippen LogP contribution in [0, 0.1) is 17.3 Å². The Labute approximate surface area is 128 Å². The Balaban J connectivity index is 3.42. The van der Waals surface area contributed by atoms with Crippen LogP contribution in [0.15, 0.2) is 0 Å². The molecule has 1 rings (SSSR count). The molecule has 0 bridgehead atoms. The Kier molecular flexibility index (Phi) is 5.07. The van der Waals surface area contributed by atoms with Crippen molar-refractivity contribution in [3.8, 4) is 0 Å². The molecule has 0 amide bonds. The number of rotatable bonds is 6. The van der Waals surface area contributed by atoms with Crippen LogP contribution in [-0.4, -0.2) is 43.0 Å². The molecule has 0 aromatic rings. The summed E-state index contributed by atoms with van der Waals surface area (Å²) in [4.78, 5) is 35.4. The van der Waals surface area contributed by atoms with Crippen LogP contribution in [0.5, 0.6) is 0 Å². The number of ether oxygens (including phenoxy) is 2. The fraction of sp³-hybridized carbons (Fsp3) is 0.769. The molecule has 0 unspecified atom stereocenters. The fourth-order valence-corrected chi connectivity index (χ4v) is 2.70. The first-order valence-corrected chi connectivity index (χ1v) is 6.70. The lowest BCUT2D eigenvalue weighted by Crippen LogP contribution is -2.43. The molecule has 23 heavy (non-hydrogen) atoms. The second kappa shape index (κ2) is 6.04. The van der Waals surface area contributed by atoms with E-state index in [9.17, 15) is 36.3 Å². The number of ketones is 1. The standard InChI is InChI=1S/C13H15F5O5/c1-4-22-9(20)7-8(12(14,15)13(16,17)18)11(7,6(3)19)10(21)23-5-2/h7-8H,4-5H2,1-3H3/t7-,8+,11+/m0/s1. The van der Waals surface area contributed by atoms with Crippen LogP contribution in [-0.2, 0) is 23.9 Å². The van der Waals surface area contributed by atoms with E-state index in [0.717, 1.165) is 0 Å². The second-order valence-corrected chi connectivity index (χ2v) is 4.97. The van der Waals surface area contributed by atoms with Crippen molar-refractivity contribution in [3.63, 3.8) is 0 Å². The topological polar surface area (TPSA) is 69.7 Å². The van der Waals surface area contributed by atoms with E-state index >= 15 is 0 Å². The molecule has 0 saturated heterocycles. The molecule has 5 nitrogen and oxygen atoms in total. The normalized spacial score (nSPS) is 27.3. The first-order valence-electron chi connectivity index (χ1n) is 6.70. The highest BCUT2D eigenvalue weighted by molar-refractivity contribution is 6.12. The molecule has 0 aromatic carbocycles. The van der Waals surface area contributed by atoms with Gasteiger partial charge in [0.2, 0.25) is 0 Å². The molecule has 1 aliphatic rings. The van der Waals surface area contributed by atoms with Crippen molar-refractivity contribution in [2.75, 3.05) is 13.2 Å². The van der Waals surface area contributed by atoms with Crippen molar-refractivity contribution < 1.29 is 45.8 Å². The Hall–Kier alpha value is -1.74. The predicted octanol–water partition coefficient (Wildman–Crippen LogP) is 2.13. The SMILES string of the molecule is CCOC(=O)[C@@H]1[C@@H](C(F)(F)C(F)(F)F)[C@]1(C(C)=O)C(=O)OCC. The third-order valence-corrected chi connectivity index (χ3v) is 3.71. The minimum absolute atomic E-state index is 0.309. The van der Waals surface area contributed by atoms with E-state index in [4.69, 9.17) is 0 Å². The van der Waals surface area contributed by atoms with Gasteiger partial charge in [0.15, 0.2) is 0 Å². The number of halogens is 5. The molecule has 1 aliphatic carbocycles. The van der Waals surface area contributed by atoms with Crippen LogP contribution in [0.25, 0.3) is 0 Å². The van der Waals surface area contributed by atoms with E-state index in [1.165, 1.54) is 13.8 Å². The first-order chi connectivity index (χ1) is 10.4. The van der Waals surface area contributed by atoms with Gasteiger partial charge in [-0.2, -0.15) is 22.0 Å². The lowest BCUT2D eigenvalue weighted by Gasteiger charge is -2.21. The van der Waals surface area contributed by atoms with E-state index in [-0.39, 0.29) is 13.2 Å². The maximum Gasteiger partial charge on any atom is 0.453 e. The number of alkyl halides is 5. The lowest BCUT2D eigenvalue weighted by atomic mass is 9.94. The molecule has 3 atom stereocenters. The largest absolute Gasteiger partial charge is 0.466 e. The van der Waals surface area contributed by atoms with E-state index < -0.39 is 47.1 Å². The fourth-order valence-electron chi connectivity index (χ4n) is 2.70. The number of hydrogen-bond acceptors (Lipinski definition) is 5. The van der Waals surface area contributed by atoms with Gasteiger partial charge in [0.05, 0.1) is 25.0 Å². The van der Waals surface area contributed by atoms with Gasteiger partial charge in [-0.15, -0.1) is 0 Å². The minimum Gasteiger partial charge on any atom is -0.466 e. The zero-order valence-corrected chi connectivity index (χ0v) is 12.5. The molecule has 0 aromatic heterocycles. The van der Waals surface area contributed by atoms with Crippen molar-refractivity contribution in [2.45, 2.75) is 32.9 Å². The zero-order valence-electron chi connectivity index (χ0n) is 12.5. The molecule has 0 spiro atoms.